The Labute approximate surface area is 118 Å². The molecule has 0 aliphatic carbocycles. The van der Waals surface area contributed by atoms with Crippen LogP contribution in [-0.2, 0) is 4.74 Å². The molecule has 0 atom stereocenters. The molecule has 19 heavy (non-hydrogen) atoms. The molecule has 104 valence electrons. The van der Waals surface area contributed by atoms with Gasteiger partial charge in [0.15, 0.2) is 0 Å². The zero-order valence-electron chi connectivity index (χ0n) is 11.7. The molecule has 4 nitrogen and oxygen atoms in total. The lowest BCUT2D eigenvalue weighted by atomic mass is 10.2. The van der Waals surface area contributed by atoms with E-state index in [9.17, 15) is 4.79 Å². The number of nitrogens with zero attached hydrogens (tertiary/aromatic N) is 1. The first kappa shape index (κ1) is 15.5. The van der Waals surface area contributed by atoms with Crippen molar-refractivity contribution in [3.8, 4) is 0 Å². The minimum atomic E-state index is -0.489. The van der Waals surface area contributed by atoms with Gasteiger partial charge in [0, 0.05) is 18.3 Å². The van der Waals surface area contributed by atoms with Crippen LogP contribution in [-0.4, -0.2) is 23.2 Å². The average molecular weight is 283 g/mol. The topological polar surface area (TPSA) is 51.2 Å². The SMILES string of the molecule is Cc1cnc(Cl)c(C=CCNC(=O)OC(C)(C)C)c1. The Morgan fingerprint density at radius 2 is 2.21 bits per heavy atom. The Bertz CT molecular complexity index is 479. The summed E-state index contributed by atoms with van der Waals surface area (Å²) in [6.45, 7) is 7.78. The molecule has 0 saturated carbocycles. The van der Waals surface area contributed by atoms with E-state index in [-0.39, 0.29) is 0 Å². The lowest BCUT2D eigenvalue weighted by Crippen LogP contribution is -2.32. The van der Waals surface area contributed by atoms with Crippen molar-refractivity contribution in [3.05, 3.63) is 34.6 Å². The number of aryl methyl sites for hydroxylation is 1. The van der Waals surface area contributed by atoms with Gasteiger partial charge in [0.25, 0.3) is 0 Å². The van der Waals surface area contributed by atoms with Gasteiger partial charge in [-0.3, -0.25) is 0 Å². The molecule has 1 aromatic heterocycles. The molecule has 1 heterocycles. The largest absolute Gasteiger partial charge is 0.444 e. The molecule has 0 aromatic carbocycles. The number of pyridine rings is 1. The van der Waals surface area contributed by atoms with Crippen molar-refractivity contribution in [2.45, 2.75) is 33.3 Å². The van der Waals surface area contributed by atoms with E-state index in [2.05, 4.69) is 10.3 Å². The second-order valence-corrected chi connectivity index (χ2v) is 5.54. The van der Waals surface area contributed by atoms with Gasteiger partial charge < -0.3 is 10.1 Å². The molecule has 5 heteroatoms. The van der Waals surface area contributed by atoms with E-state index in [1.165, 1.54) is 0 Å². The molecule has 1 amide bonds. The second-order valence-electron chi connectivity index (χ2n) is 5.18. The van der Waals surface area contributed by atoms with Crippen LogP contribution in [0.5, 0.6) is 0 Å². The van der Waals surface area contributed by atoms with Crippen molar-refractivity contribution < 1.29 is 9.53 Å². The van der Waals surface area contributed by atoms with Gasteiger partial charge in [-0.05, 0) is 39.3 Å². The van der Waals surface area contributed by atoms with E-state index in [4.69, 9.17) is 16.3 Å². The third-order valence-electron chi connectivity index (χ3n) is 2.06. The lowest BCUT2D eigenvalue weighted by Gasteiger charge is -2.19. The van der Waals surface area contributed by atoms with Crippen LogP contribution >= 0.6 is 11.6 Å². The Hall–Kier alpha value is -1.55. The summed E-state index contributed by atoms with van der Waals surface area (Å²) in [6.07, 6.45) is 4.88. The standard InChI is InChI=1S/C14H19ClN2O2/c1-10-8-11(12(15)17-9-10)6-5-7-16-13(18)19-14(2,3)4/h5-6,8-9H,7H2,1-4H3,(H,16,18). The van der Waals surface area contributed by atoms with Gasteiger partial charge in [0.05, 0.1) is 0 Å². The smallest absolute Gasteiger partial charge is 0.407 e. The maximum Gasteiger partial charge on any atom is 0.407 e. The first-order valence-corrected chi connectivity index (χ1v) is 6.41. The number of alkyl carbamates (subject to hydrolysis) is 1. The number of hydrogen-bond acceptors (Lipinski definition) is 3. The third-order valence-corrected chi connectivity index (χ3v) is 2.38. The number of amides is 1. The Morgan fingerprint density at radius 3 is 2.84 bits per heavy atom. The highest BCUT2D eigenvalue weighted by Crippen LogP contribution is 2.15. The number of nitrogens with one attached hydrogen (secondary N) is 1. The summed E-state index contributed by atoms with van der Waals surface area (Å²) in [6, 6.07) is 1.93. The van der Waals surface area contributed by atoms with Crippen molar-refractivity contribution in [2.75, 3.05) is 6.54 Å². The molecule has 0 spiro atoms. The van der Waals surface area contributed by atoms with Crippen molar-refractivity contribution in [1.82, 2.24) is 10.3 Å². The van der Waals surface area contributed by atoms with E-state index in [1.807, 2.05) is 39.8 Å². The molecule has 0 fully saturated rings. The van der Waals surface area contributed by atoms with Gasteiger partial charge >= 0.3 is 6.09 Å². The molecule has 1 N–H and O–H groups in total. The van der Waals surface area contributed by atoms with Crippen LogP contribution in [0.1, 0.15) is 31.9 Å². The first-order valence-electron chi connectivity index (χ1n) is 6.03. The van der Waals surface area contributed by atoms with Crippen LogP contribution in [0.15, 0.2) is 18.3 Å². The van der Waals surface area contributed by atoms with Crippen LogP contribution in [0, 0.1) is 6.92 Å². The molecule has 0 unspecified atom stereocenters. The number of carbonyl (C=O) groups excluding carboxylic acids is 1. The summed E-state index contributed by atoms with van der Waals surface area (Å²) in [5, 5.41) is 3.08. The first-order chi connectivity index (χ1) is 8.78. The minimum Gasteiger partial charge on any atom is -0.444 e. The summed E-state index contributed by atoms with van der Waals surface area (Å²) < 4.78 is 5.11. The van der Waals surface area contributed by atoms with E-state index in [0.29, 0.717) is 11.7 Å². The monoisotopic (exact) mass is 282 g/mol. The zero-order valence-corrected chi connectivity index (χ0v) is 12.4. The van der Waals surface area contributed by atoms with Crippen LogP contribution in [0.2, 0.25) is 5.15 Å². The summed E-state index contributed by atoms with van der Waals surface area (Å²) >= 11 is 5.95. The van der Waals surface area contributed by atoms with Crippen molar-refractivity contribution in [3.63, 3.8) is 0 Å². The molecule has 1 rings (SSSR count). The molecule has 0 radical (unpaired) electrons. The molecule has 0 aliphatic heterocycles. The normalized spacial score (nSPS) is 11.6. The number of hydrogen-bond donors (Lipinski definition) is 1. The number of ether oxygens (including phenoxy) is 1. The van der Waals surface area contributed by atoms with Gasteiger partial charge in [-0.25, -0.2) is 9.78 Å². The Kier molecular flexibility index (Phi) is 5.36. The fourth-order valence-electron chi connectivity index (χ4n) is 1.33. The molecular weight excluding hydrogens is 264 g/mol. The number of rotatable bonds is 3. The van der Waals surface area contributed by atoms with Crippen molar-refractivity contribution in [1.29, 1.82) is 0 Å². The summed E-state index contributed by atoms with van der Waals surface area (Å²) in [5.74, 6) is 0. The fourth-order valence-corrected chi connectivity index (χ4v) is 1.50. The highest BCUT2D eigenvalue weighted by molar-refractivity contribution is 6.30. The van der Waals surface area contributed by atoms with E-state index >= 15 is 0 Å². The van der Waals surface area contributed by atoms with Gasteiger partial charge in [-0.15, -0.1) is 0 Å². The van der Waals surface area contributed by atoms with Crippen LogP contribution in [0.3, 0.4) is 0 Å². The molecule has 0 aliphatic rings. The maximum absolute atomic E-state index is 11.4. The van der Waals surface area contributed by atoms with E-state index in [1.54, 1.807) is 12.3 Å². The fraction of sp³-hybridized carbons (Fsp3) is 0.429. The lowest BCUT2D eigenvalue weighted by molar-refractivity contribution is 0.0534. The van der Waals surface area contributed by atoms with Gasteiger partial charge in [0.2, 0.25) is 0 Å². The highest BCUT2D eigenvalue weighted by Gasteiger charge is 2.14. The number of carbonyl (C=O) groups is 1. The molecule has 0 bridgehead atoms. The van der Waals surface area contributed by atoms with Gasteiger partial charge in [-0.1, -0.05) is 23.8 Å². The molecule has 1 aromatic rings. The average Bonchev–Trinajstić information content (AvgIpc) is 2.26. The second kappa shape index (κ2) is 6.57. The van der Waals surface area contributed by atoms with Crippen molar-refractivity contribution >= 4 is 23.8 Å². The van der Waals surface area contributed by atoms with E-state index in [0.717, 1.165) is 11.1 Å². The number of halogens is 1. The predicted molar refractivity (Wildman–Crippen MR) is 77.3 cm³/mol. The van der Waals surface area contributed by atoms with Crippen LogP contribution < -0.4 is 5.32 Å². The van der Waals surface area contributed by atoms with Gasteiger partial charge in [0.1, 0.15) is 10.8 Å². The molecular formula is C14H19ClN2O2. The Balaban J connectivity index is 2.47. The van der Waals surface area contributed by atoms with Crippen LogP contribution in [0.25, 0.3) is 6.08 Å². The number of aromatic nitrogens is 1. The summed E-state index contributed by atoms with van der Waals surface area (Å²) in [5.41, 5.74) is 1.37. The summed E-state index contributed by atoms with van der Waals surface area (Å²) in [4.78, 5) is 15.4. The van der Waals surface area contributed by atoms with Crippen molar-refractivity contribution in [2.24, 2.45) is 0 Å². The van der Waals surface area contributed by atoms with Gasteiger partial charge in [-0.2, -0.15) is 0 Å². The zero-order chi connectivity index (χ0) is 14.5. The quantitative estimate of drug-likeness (QED) is 0.862. The van der Waals surface area contributed by atoms with Crippen LogP contribution in [0.4, 0.5) is 4.79 Å². The minimum absolute atomic E-state index is 0.374. The van der Waals surface area contributed by atoms with E-state index < -0.39 is 11.7 Å². The predicted octanol–water partition coefficient (Wildman–Crippen LogP) is 3.58. The maximum atomic E-state index is 11.4. The molecule has 0 saturated heterocycles. The summed E-state index contributed by atoms with van der Waals surface area (Å²) in [7, 11) is 0. The highest BCUT2D eigenvalue weighted by atomic mass is 35.5. The third kappa shape index (κ3) is 6.25. The Morgan fingerprint density at radius 1 is 1.53 bits per heavy atom.